The zero-order chi connectivity index (χ0) is 13.2. The molecule has 0 aromatic carbocycles. The molecule has 0 spiro atoms. The molecule has 0 amide bonds. The number of nitrogens with one attached hydrogen (secondary N) is 1. The van der Waals surface area contributed by atoms with Crippen LogP contribution in [-0.2, 0) is 6.42 Å². The Morgan fingerprint density at radius 3 is 3.00 bits per heavy atom. The van der Waals surface area contributed by atoms with Gasteiger partial charge < -0.3 is 10.2 Å². The molecule has 2 aromatic rings. The van der Waals surface area contributed by atoms with Gasteiger partial charge in [0.05, 0.1) is 5.69 Å². The van der Waals surface area contributed by atoms with E-state index < -0.39 is 0 Å². The van der Waals surface area contributed by atoms with Crippen molar-refractivity contribution in [3.63, 3.8) is 0 Å². The van der Waals surface area contributed by atoms with Crippen LogP contribution in [-0.4, -0.2) is 58.4 Å². The predicted molar refractivity (Wildman–Crippen MR) is 73.3 cm³/mol. The van der Waals surface area contributed by atoms with Crippen LogP contribution in [0.1, 0.15) is 23.9 Å². The summed E-state index contributed by atoms with van der Waals surface area (Å²) in [7, 11) is 4.10. The van der Waals surface area contributed by atoms with Gasteiger partial charge in [0.1, 0.15) is 0 Å². The molecule has 2 aromatic heterocycles. The molecule has 1 N–H and O–H groups in total. The first-order chi connectivity index (χ1) is 9.28. The van der Waals surface area contributed by atoms with Crippen LogP contribution >= 0.6 is 0 Å². The van der Waals surface area contributed by atoms with Crippen LogP contribution in [0, 0.1) is 0 Å². The molecular weight excluding hydrogens is 240 g/mol. The summed E-state index contributed by atoms with van der Waals surface area (Å²) in [5.41, 5.74) is 1.99. The van der Waals surface area contributed by atoms with Gasteiger partial charge in [-0.05, 0) is 39.2 Å². The number of rotatable bonds is 4. The van der Waals surface area contributed by atoms with Crippen molar-refractivity contribution in [1.82, 2.24) is 30.0 Å². The molecule has 0 bridgehead atoms. The van der Waals surface area contributed by atoms with E-state index in [2.05, 4.69) is 33.5 Å². The first-order valence-electron chi connectivity index (χ1n) is 6.82. The average Bonchev–Trinajstić information content (AvgIpc) is 3.02. The number of likely N-dealkylation sites (tertiary alicyclic amines) is 1. The van der Waals surface area contributed by atoms with Crippen molar-refractivity contribution < 1.29 is 0 Å². The normalized spacial score (nSPS) is 20.4. The molecule has 19 heavy (non-hydrogen) atoms. The molecule has 1 atom stereocenters. The second kappa shape index (κ2) is 5.22. The third-order valence-corrected chi connectivity index (χ3v) is 3.76. The second-order valence-electron chi connectivity index (χ2n) is 5.25. The van der Waals surface area contributed by atoms with Crippen LogP contribution in [0.15, 0.2) is 12.1 Å². The third kappa shape index (κ3) is 2.46. The molecule has 0 saturated carbocycles. The molecule has 1 aliphatic rings. The number of hydrogen-bond acceptors (Lipinski definition) is 5. The fraction of sp³-hybridized carbons (Fsp3) is 0.615. The van der Waals surface area contributed by atoms with Gasteiger partial charge in [-0.25, -0.2) is 0 Å². The van der Waals surface area contributed by atoms with Gasteiger partial charge in [-0.3, -0.25) is 0 Å². The largest absolute Gasteiger partial charge is 0.319 e. The minimum absolute atomic E-state index is 0.536. The first-order valence-corrected chi connectivity index (χ1v) is 6.82. The van der Waals surface area contributed by atoms with Gasteiger partial charge in [0.25, 0.3) is 0 Å². The molecule has 3 rings (SSSR count). The SMILES string of the molecule is CNCCc1nnc2ccc(C3CCN(C)C3)nn12. The number of likely N-dealkylation sites (N-methyl/N-ethyl adjacent to an activating group) is 2. The standard InChI is InChI=1S/C13H20N6/c1-14-7-5-13-16-15-12-4-3-11(17-19(12)13)10-6-8-18(2)9-10/h3-4,10,14H,5-9H2,1-2H3. The lowest BCUT2D eigenvalue weighted by atomic mass is 10.1. The van der Waals surface area contributed by atoms with Gasteiger partial charge >= 0.3 is 0 Å². The van der Waals surface area contributed by atoms with E-state index in [0.29, 0.717) is 5.92 Å². The van der Waals surface area contributed by atoms with E-state index in [9.17, 15) is 0 Å². The van der Waals surface area contributed by atoms with E-state index >= 15 is 0 Å². The van der Waals surface area contributed by atoms with Crippen LogP contribution in [0.2, 0.25) is 0 Å². The topological polar surface area (TPSA) is 58.4 Å². The van der Waals surface area contributed by atoms with Gasteiger partial charge in [-0.15, -0.1) is 10.2 Å². The molecule has 6 nitrogen and oxygen atoms in total. The van der Waals surface area contributed by atoms with Crippen molar-refractivity contribution in [2.45, 2.75) is 18.8 Å². The van der Waals surface area contributed by atoms with Gasteiger partial charge in [0.2, 0.25) is 0 Å². The molecule has 102 valence electrons. The minimum Gasteiger partial charge on any atom is -0.319 e. The zero-order valence-electron chi connectivity index (χ0n) is 11.5. The van der Waals surface area contributed by atoms with E-state index in [-0.39, 0.29) is 0 Å². The lowest BCUT2D eigenvalue weighted by Gasteiger charge is -2.10. The van der Waals surface area contributed by atoms with E-state index in [0.717, 1.165) is 43.2 Å². The molecule has 1 aliphatic heterocycles. The van der Waals surface area contributed by atoms with Crippen LogP contribution in [0.5, 0.6) is 0 Å². The fourth-order valence-corrected chi connectivity index (χ4v) is 2.63. The Labute approximate surface area is 112 Å². The van der Waals surface area contributed by atoms with Gasteiger partial charge in [0.15, 0.2) is 11.5 Å². The Balaban J connectivity index is 1.90. The van der Waals surface area contributed by atoms with Crippen LogP contribution < -0.4 is 5.32 Å². The quantitative estimate of drug-likeness (QED) is 0.857. The molecular formula is C13H20N6. The highest BCUT2D eigenvalue weighted by atomic mass is 15.4. The average molecular weight is 260 g/mol. The molecule has 0 radical (unpaired) electrons. The molecule has 6 heteroatoms. The number of fused-ring (bicyclic) bond motifs is 1. The van der Waals surface area contributed by atoms with E-state index in [1.807, 2.05) is 17.6 Å². The Kier molecular flexibility index (Phi) is 3.44. The Hall–Kier alpha value is -1.53. The van der Waals surface area contributed by atoms with Gasteiger partial charge in [0, 0.05) is 25.4 Å². The Morgan fingerprint density at radius 1 is 1.37 bits per heavy atom. The van der Waals surface area contributed by atoms with Crippen molar-refractivity contribution in [2.75, 3.05) is 33.7 Å². The fourth-order valence-electron chi connectivity index (χ4n) is 2.63. The summed E-state index contributed by atoms with van der Waals surface area (Å²) >= 11 is 0. The molecule has 1 saturated heterocycles. The highest BCUT2D eigenvalue weighted by Crippen LogP contribution is 2.24. The number of hydrogen-bond donors (Lipinski definition) is 1. The Morgan fingerprint density at radius 2 is 2.26 bits per heavy atom. The maximum absolute atomic E-state index is 4.74. The van der Waals surface area contributed by atoms with Crippen LogP contribution in [0.3, 0.4) is 0 Å². The van der Waals surface area contributed by atoms with Crippen molar-refractivity contribution in [2.24, 2.45) is 0 Å². The van der Waals surface area contributed by atoms with Crippen LogP contribution in [0.4, 0.5) is 0 Å². The highest BCUT2D eigenvalue weighted by Gasteiger charge is 2.23. The number of aromatic nitrogens is 4. The summed E-state index contributed by atoms with van der Waals surface area (Å²) < 4.78 is 1.89. The minimum atomic E-state index is 0.536. The second-order valence-corrected chi connectivity index (χ2v) is 5.25. The molecule has 1 unspecified atom stereocenters. The maximum Gasteiger partial charge on any atom is 0.177 e. The summed E-state index contributed by atoms with van der Waals surface area (Å²) in [6.45, 7) is 3.13. The lowest BCUT2D eigenvalue weighted by Crippen LogP contribution is -2.15. The molecule has 3 heterocycles. The van der Waals surface area contributed by atoms with Gasteiger partial charge in [-0.2, -0.15) is 9.61 Å². The van der Waals surface area contributed by atoms with E-state index in [1.54, 1.807) is 0 Å². The monoisotopic (exact) mass is 260 g/mol. The summed E-state index contributed by atoms with van der Waals surface area (Å²) in [4.78, 5) is 2.35. The van der Waals surface area contributed by atoms with E-state index in [4.69, 9.17) is 5.10 Å². The van der Waals surface area contributed by atoms with Crippen molar-refractivity contribution >= 4 is 5.65 Å². The summed E-state index contributed by atoms with van der Waals surface area (Å²) in [6.07, 6.45) is 2.03. The zero-order valence-corrected chi connectivity index (χ0v) is 11.5. The Bertz CT molecular complexity index is 563. The first kappa shape index (κ1) is 12.5. The predicted octanol–water partition coefficient (Wildman–Crippen LogP) is 0.305. The molecule has 1 fully saturated rings. The maximum atomic E-state index is 4.74. The van der Waals surface area contributed by atoms with Crippen LogP contribution in [0.25, 0.3) is 5.65 Å². The summed E-state index contributed by atoms with van der Waals surface area (Å²) in [5, 5.41) is 16.3. The van der Waals surface area contributed by atoms with Crippen molar-refractivity contribution in [3.8, 4) is 0 Å². The summed E-state index contributed by atoms with van der Waals surface area (Å²) in [6, 6.07) is 4.12. The summed E-state index contributed by atoms with van der Waals surface area (Å²) in [5.74, 6) is 1.46. The smallest absolute Gasteiger partial charge is 0.177 e. The van der Waals surface area contributed by atoms with Crippen molar-refractivity contribution in [3.05, 3.63) is 23.7 Å². The van der Waals surface area contributed by atoms with Crippen molar-refractivity contribution in [1.29, 1.82) is 0 Å². The highest BCUT2D eigenvalue weighted by molar-refractivity contribution is 5.37. The molecule has 0 aliphatic carbocycles. The van der Waals surface area contributed by atoms with E-state index in [1.165, 1.54) is 6.42 Å². The lowest BCUT2D eigenvalue weighted by molar-refractivity contribution is 0.410. The number of nitrogens with zero attached hydrogens (tertiary/aromatic N) is 5. The third-order valence-electron chi connectivity index (χ3n) is 3.76. The van der Waals surface area contributed by atoms with Gasteiger partial charge in [-0.1, -0.05) is 0 Å².